The van der Waals surface area contributed by atoms with E-state index in [4.69, 9.17) is 0 Å². The number of unbranched alkanes of at least 4 members (excludes halogenated alkanes) is 1. The number of benzene rings is 1. The highest BCUT2D eigenvalue weighted by Gasteiger charge is 2.16. The second-order valence-electron chi connectivity index (χ2n) is 7.00. The molecule has 2 heterocycles. The van der Waals surface area contributed by atoms with Gasteiger partial charge in [-0.2, -0.15) is 0 Å². The Kier molecular flexibility index (Phi) is 6.98. The normalized spacial score (nSPS) is 11.0. The van der Waals surface area contributed by atoms with Gasteiger partial charge in [-0.15, -0.1) is 11.3 Å². The zero-order chi connectivity index (χ0) is 19.9. The fourth-order valence-electron chi connectivity index (χ4n) is 3.29. The summed E-state index contributed by atoms with van der Waals surface area (Å²) in [6.07, 6.45) is 5.10. The molecule has 0 spiro atoms. The zero-order valence-corrected chi connectivity index (χ0v) is 17.7. The molecule has 0 radical (unpaired) electrons. The molecule has 3 aromatic rings. The molecule has 0 saturated heterocycles. The van der Waals surface area contributed by atoms with E-state index in [1.54, 1.807) is 17.7 Å². The van der Waals surface area contributed by atoms with Gasteiger partial charge in [0.05, 0.1) is 5.39 Å². The van der Waals surface area contributed by atoms with Crippen molar-refractivity contribution in [3.63, 3.8) is 0 Å². The van der Waals surface area contributed by atoms with Crippen LogP contribution in [-0.4, -0.2) is 40.9 Å². The zero-order valence-electron chi connectivity index (χ0n) is 16.9. The maximum absolute atomic E-state index is 12.2. The second-order valence-corrected chi connectivity index (χ2v) is 8.20. The summed E-state index contributed by atoms with van der Waals surface area (Å²) in [4.78, 5) is 25.2. The third-order valence-corrected chi connectivity index (χ3v) is 5.87. The second kappa shape index (κ2) is 9.64. The number of hydrogen-bond acceptors (Lipinski definition) is 5. The van der Waals surface area contributed by atoms with Crippen LogP contribution in [0.25, 0.3) is 21.3 Å². The third kappa shape index (κ3) is 4.68. The predicted molar refractivity (Wildman–Crippen MR) is 118 cm³/mol. The first-order chi connectivity index (χ1) is 13.6. The van der Waals surface area contributed by atoms with Crippen molar-refractivity contribution in [1.29, 1.82) is 0 Å². The summed E-state index contributed by atoms with van der Waals surface area (Å²) in [6, 6.07) is 10.4. The fourth-order valence-corrected chi connectivity index (χ4v) is 4.30. The highest BCUT2D eigenvalue weighted by molar-refractivity contribution is 7.19. The lowest BCUT2D eigenvalue weighted by molar-refractivity contribution is -0.130. The van der Waals surface area contributed by atoms with E-state index in [2.05, 4.69) is 53.4 Å². The fraction of sp³-hybridized carbons (Fsp3) is 0.409. The average molecular weight is 397 g/mol. The molecule has 0 aliphatic heterocycles. The van der Waals surface area contributed by atoms with Crippen LogP contribution >= 0.6 is 11.3 Å². The number of carbonyl (C=O) groups is 1. The van der Waals surface area contributed by atoms with E-state index >= 15 is 0 Å². The van der Waals surface area contributed by atoms with Crippen LogP contribution in [0.3, 0.4) is 0 Å². The molecule has 5 nitrogen and oxygen atoms in total. The van der Waals surface area contributed by atoms with Crippen LogP contribution in [0.5, 0.6) is 0 Å². The lowest BCUT2D eigenvalue weighted by Gasteiger charge is -2.16. The predicted octanol–water partition coefficient (Wildman–Crippen LogP) is 5.12. The van der Waals surface area contributed by atoms with E-state index in [0.717, 1.165) is 41.8 Å². The number of thiophene rings is 1. The summed E-state index contributed by atoms with van der Waals surface area (Å²) in [6.45, 7) is 5.82. The quantitative estimate of drug-likeness (QED) is 0.510. The maximum Gasteiger partial charge on any atom is 0.222 e. The first-order valence-corrected chi connectivity index (χ1v) is 10.7. The summed E-state index contributed by atoms with van der Waals surface area (Å²) >= 11 is 1.69. The monoisotopic (exact) mass is 396 g/mol. The minimum atomic E-state index is 0.208. The SMILES string of the molecule is CCCCN(C)C(=O)CCCNc1ncnc2sc(C)c(-c3ccccc3)c12. The Bertz CT molecular complexity index is 923. The van der Waals surface area contributed by atoms with Crippen molar-refractivity contribution in [3.8, 4) is 11.1 Å². The molecule has 6 heteroatoms. The third-order valence-electron chi connectivity index (χ3n) is 4.86. The van der Waals surface area contributed by atoms with Crippen molar-refractivity contribution in [2.45, 2.75) is 39.5 Å². The molecule has 1 N–H and O–H groups in total. The molecule has 148 valence electrons. The minimum absolute atomic E-state index is 0.208. The topological polar surface area (TPSA) is 58.1 Å². The number of nitrogens with zero attached hydrogens (tertiary/aromatic N) is 3. The molecule has 1 aromatic carbocycles. The number of rotatable bonds is 9. The van der Waals surface area contributed by atoms with Gasteiger partial charge in [-0.1, -0.05) is 43.7 Å². The van der Waals surface area contributed by atoms with Gasteiger partial charge < -0.3 is 10.2 Å². The van der Waals surface area contributed by atoms with E-state index in [1.807, 2.05) is 18.0 Å². The van der Waals surface area contributed by atoms with Gasteiger partial charge in [0.2, 0.25) is 5.91 Å². The molecule has 3 rings (SSSR count). The number of aryl methyl sites for hydroxylation is 1. The van der Waals surface area contributed by atoms with Crippen LogP contribution in [0, 0.1) is 6.92 Å². The summed E-state index contributed by atoms with van der Waals surface area (Å²) in [5.41, 5.74) is 2.37. The largest absolute Gasteiger partial charge is 0.369 e. The van der Waals surface area contributed by atoms with Gasteiger partial charge in [0.15, 0.2) is 0 Å². The van der Waals surface area contributed by atoms with Crippen molar-refractivity contribution in [2.75, 3.05) is 25.5 Å². The molecule has 0 aliphatic carbocycles. The van der Waals surface area contributed by atoms with Crippen molar-refractivity contribution < 1.29 is 4.79 Å². The molecule has 2 aromatic heterocycles. The van der Waals surface area contributed by atoms with Gasteiger partial charge in [-0.05, 0) is 25.3 Å². The highest BCUT2D eigenvalue weighted by atomic mass is 32.1. The molecular formula is C22H28N4OS. The van der Waals surface area contributed by atoms with Crippen LogP contribution in [0.15, 0.2) is 36.7 Å². The van der Waals surface area contributed by atoms with Crippen LogP contribution in [0.1, 0.15) is 37.5 Å². The molecule has 0 saturated carbocycles. The first-order valence-electron chi connectivity index (χ1n) is 9.89. The van der Waals surface area contributed by atoms with E-state index in [9.17, 15) is 4.79 Å². The average Bonchev–Trinajstić information content (AvgIpc) is 3.06. The van der Waals surface area contributed by atoms with Gasteiger partial charge in [0.1, 0.15) is 17.0 Å². The number of carbonyl (C=O) groups excluding carboxylic acids is 1. The van der Waals surface area contributed by atoms with Crippen molar-refractivity contribution in [1.82, 2.24) is 14.9 Å². The Labute approximate surface area is 170 Å². The van der Waals surface area contributed by atoms with Gasteiger partial charge in [-0.3, -0.25) is 4.79 Å². The molecular weight excluding hydrogens is 368 g/mol. The van der Waals surface area contributed by atoms with Crippen LogP contribution in [0.2, 0.25) is 0 Å². The van der Waals surface area contributed by atoms with E-state index in [1.165, 1.54) is 16.0 Å². The lowest BCUT2D eigenvalue weighted by atomic mass is 10.0. The molecule has 0 atom stereocenters. The summed E-state index contributed by atoms with van der Waals surface area (Å²) in [5, 5.41) is 4.51. The van der Waals surface area contributed by atoms with Crippen LogP contribution in [0.4, 0.5) is 5.82 Å². The van der Waals surface area contributed by atoms with Crippen LogP contribution < -0.4 is 5.32 Å². The maximum atomic E-state index is 12.2. The Hall–Kier alpha value is -2.47. The summed E-state index contributed by atoms with van der Waals surface area (Å²) in [7, 11) is 1.89. The van der Waals surface area contributed by atoms with E-state index in [-0.39, 0.29) is 5.91 Å². The number of anilines is 1. The molecule has 0 fully saturated rings. The smallest absolute Gasteiger partial charge is 0.222 e. The Morgan fingerprint density at radius 2 is 1.96 bits per heavy atom. The van der Waals surface area contributed by atoms with E-state index < -0.39 is 0 Å². The first kappa shape index (κ1) is 20.3. The van der Waals surface area contributed by atoms with Crippen molar-refractivity contribution in [2.24, 2.45) is 0 Å². The Balaban J connectivity index is 1.70. The van der Waals surface area contributed by atoms with Gasteiger partial charge in [0, 0.05) is 37.0 Å². The van der Waals surface area contributed by atoms with Crippen molar-refractivity contribution in [3.05, 3.63) is 41.5 Å². The van der Waals surface area contributed by atoms with Gasteiger partial charge >= 0.3 is 0 Å². The molecule has 0 aliphatic rings. The molecule has 0 unspecified atom stereocenters. The number of fused-ring (bicyclic) bond motifs is 1. The summed E-state index contributed by atoms with van der Waals surface area (Å²) < 4.78 is 0. The Morgan fingerprint density at radius 1 is 1.18 bits per heavy atom. The number of aromatic nitrogens is 2. The molecule has 0 bridgehead atoms. The Morgan fingerprint density at radius 3 is 2.71 bits per heavy atom. The van der Waals surface area contributed by atoms with Crippen LogP contribution in [-0.2, 0) is 4.79 Å². The number of nitrogens with one attached hydrogen (secondary N) is 1. The van der Waals surface area contributed by atoms with Gasteiger partial charge in [-0.25, -0.2) is 9.97 Å². The summed E-state index contributed by atoms with van der Waals surface area (Å²) in [5.74, 6) is 1.06. The van der Waals surface area contributed by atoms with Gasteiger partial charge in [0.25, 0.3) is 0 Å². The highest BCUT2D eigenvalue weighted by Crippen LogP contribution is 2.40. The lowest BCUT2D eigenvalue weighted by Crippen LogP contribution is -2.27. The molecule has 1 amide bonds. The van der Waals surface area contributed by atoms with E-state index in [0.29, 0.717) is 13.0 Å². The molecule has 28 heavy (non-hydrogen) atoms. The standard InChI is InChI=1S/C22H28N4OS/c1-4-5-14-26(3)18(27)12-9-13-23-21-20-19(17-10-7-6-8-11-17)16(2)28-22(20)25-15-24-21/h6-8,10-11,15H,4-5,9,12-14H2,1-3H3,(H,23,24,25). The van der Waals surface area contributed by atoms with Crippen molar-refractivity contribution >= 4 is 33.3 Å². The number of amides is 1. The minimum Gasteiger partial charge on any atom is -0.369 e. The number of hydrogen-bond donors (Lipinski definition) is 1.